The summed E-state index contributed by atoms with van der Waals surface area (Å²) < 4.78 is 18.4. The van der Waals surface area contributed by atoms with Gasteiger partial charge in [-0.2, -0.15) is 4.98 Å². The number of aromatic nitrogens is 2. The minimum atomic E-state index is -0.300. The molecule has 1 saturated heterocycles. The molecule has 0 bridgehead atoms. The number of hydrogen-bond donors (Lipinski definition) is 0. The molecule has 2 heterocycles. The third-order valence-corrected chi connectivity index (χ3v) is 4.54. The van der Waals surface area contributed by atoms with Gasteiger partial charge >= 0.3 is 0 Å². The molecule has 23 heavy (non-hydrogen) atoms. The van der Waals surface area contributed by atoms with Crippen molar-refractivity contribution in [1.82, 2.24) is 15.0 Å². The summed E-state index contributed by atoms with van der Waals surface area (Å²) in [6.45, 7) is 0.758. The summed E-state index contributed by atoms with van der Waals surface area (Å²) >= 11 is 0. The Hall–Kier alpha value is -2.24. The summed E-state index contributed by atoms with van der Waals surface area (Å²) in [4.78, 5) is 18.8. The van der Waals surface area contributed by atoms with E-state index in [9.17, 15) is 9.18 Å². The van der Waals surface area contributed by atoms with Crippen molar-refractivity contribution in [2.45, 2.75) is 38.1 Å². The lowest BCUT2D eigenvalue weighted by Gasteiger charge is -2.33. The molecule has 0 spiro atoms. The van der Waals surface area contributed by atoms with Gasteiger partial charge in [0.25, 0.3) is 0 Å². The average molecular weight is 315 g/mol. The highest BCUT2D eigenvalue weighted by Gasteiger charge is 2.39. The van der Waals surface area contributed by atoms with Gasteiger partial charge in [0.05, 0.1) is 0 Å². The number of amides is 1. The van der Waals surface area contributed by atoms with E-state index in [1.807, 2.05) is 4.90 Å². The summed E-state index contributed by atoms with van der Waals surface area (Å²) in [5.41, 5.74) is 0.706. The maximum atomic E-state index is 13.0. The number of hydrogen-bond acceptors (Lipinski definition) is 4. The molecule has 0 radical (unpaired) electrons. The molecule has 1 atom stereocenters. The molecule has 1 saturated carbocycles. The highest BCUT2D eigenvalue weighted by atomic mass is 19.1. The monoisotopic (exact) mass is 315 g/mol. The second-order valence-electron chi connectivity index (χ2n) is 6.28. The largest absolute Gasteiger partial charge is 0.337 e. The van der Waals surface area contributed by atoms with Gasteiger partial charge in [-0.3, -0.25) is 4.79 Å². The number of halogens is 1. The van der Waals surface area contributed by atoms with Crippen LogP contribution in [-0.4, -0.2) is 27.5 Å². The zero-order valence-corrected chi connectivity index (χ0v) is 12.7. The van der Waals surface area contributed by atoms with Crippen molar-refractivity contribution in [2.75, 3.05) is 6.54 Å². The van der Waals surface area contributed by atoms with Gasteiger partial charge in [0.1, 0.15) is 11.9 Å². The summed E-state index contributed by atoms with van der Waals surface area (Å²) in [6, 6.07) is 5.86. The lowest BCUT2D eigenvalue weighted by Crippen LogP contribution is -2.39. The summed E-state index contributed by atoms with van der Waals surface area (Å²) in [6.07, 6.45) is 4.91. The first-order valence-electron chi connectivity index (χ1n) is 8.12. The molecule has 2 aromatic rings. The van der Waals surface area contributed by atoms with Gasteiger partial charge < -0.3 is 9.42 Å². The smallest absolute Gasteiger partial charge is 0.249 e. The molecule has 2 aliphatic rings. The maximum Gasteiger partial charge on any atom is 0.249 e. The van der Waals surface area contributed by atoms with Gasteiger partial charge in [-0.1, -0.05) is 5.16 Å². The Labute approximate surface area is 133 Å². The molecule has 1 unspecified atom stereocenters. The normalized spacial score (nSPS) is 21.4. The van der Waals surface area contributed by atoms with Crippen molar-refractivity contribution in [3.05, 3.63) is 36.0 Å². The van der Waals surface area contributed by atoms with Gasteiger partial charge in [0.15, 0.2) is 0 Å². The van der Waals surface area contributed by atoms with Crippen LogP contribution in [0.2, 0.25) is 0 Å². The number of rotatable bonds is 3. The van der Waals surface area contributed by atoms with Crippen LogP contribution in [0, 0.1) is 11.7 Å². The third-order valence-electron chi connectivity index (χ3n) is 4.54. The average Bonchev–Trinajstić information content (AvgIpc) is 3.32. The fourth-order valence-corrected chi connectivity index (χ4v) is 3.10. The lowest BCUT2D eigenvalue weighted by atomic mass is 10.0. The Morgan fingerprint density at radius 3 is 2.70 bits per heavy atom. The Morgan fingerprint density at radius 1 is 1.17 bits per heavy atom. The van der Waals surface area contributed by atoms with E-state index in [1.165, 1.54) is 12.1 Å². The molecule has 5 nitrogen and oxygen atoms in total. The third kappa shape index (κ3) is 2.85. The summed E-state index contributed by atoms with van der Waals surface area (Å²) in [5.74, 6) is 1.03. The molecule has 6 heteroatoms. The van der Waals surface area contributed by atoms with E-state index in [0.29, 0.717) is 17.3 Å². The van der Waals surface area contributed by atoms with Crippen LogP contribution < -0.4 is 0 Å². The molecule has 1 aromatic heterocycles. The number of carbonyl (C=O) groups excluding carboxylic acids is 1. The molecular formula is C17H18FN3O2. The highest BCUT2D eigenvalue weighted by Crippen LogP contribution is 2.37. The van der Waals surface area contributed by atoms with Crippen LogP contribution in [0.15, 0.2) is 28.8 Å². The van der Waals surface area contributed by atoms with Gasteiger partial charge in [-0.05, 0) is 56.4 Å². The van der Waals surface area contributed by atoms with Crippen LogP contribution in [-0.2, 0) is 4.79 Å². The van der Waals surface area contributed by atoms with E-state index in [1.54, 1.807) is 12.1 Å². The quantitative estimate of drug-likeness (QED) is 0.871. The zero-order chi connectivity index (χ0) is 15.8. The Morgan fingerprint density at radius 2 is 1.96 bits per heavy atom. The van der Waals surface area contributed by atoms with E-state index in [2.05, 4.69) is 10.1 Å². The minimum Gasteiger partial charge on any atom is -0.337 e. The fraction of sp³-hybridized carbons (Fsp3) is 0.471. The fourth-order valence-electron chi connectivity index (χ4n) is 3.10. The van der Waals surface area contributed by atoms with E-state index < -0.39 is 0 Å². The van der Waals surface area contributed by atoms with E-state index in [4.69, 9.17) is 4.52 Å². The van der Waals surface area contributed by atoms with Crippen LogP contribution in [0.4, 0.5) is 4.39 Å². The Balaban J connectivity index is 1.58. The second kappa shape index (κ2) is 5.76. The molecule has 2 fully saturated rings. The zero-order valence-electron chi connectivity index (χ0n) is 12.7. The molecule has 1 amide bonds. The molecule has 120 valence electrons. The standard InChI is InChI=1S/C17H18FN3O2/c18-13-8-6-11(7-9-13)15-19-16(23-20-15)14-3-1-2-10-21(14)17(22)12-4-5-12/h6-9,12,14H,1-5,10H2. The first-order chi connectivity index (χ1) is 11.2. The summed E-state index contributed by atoms with van der Waals surface area (Å²) in [7, 11) is 0. The molecule has 0 N–H and O–H groups in total. The Bertz CT molecular complexity index is 709. The van der Waals surface area contributed by atoms with Crippen molar-refractivity contribution in [1.29, 1.82) is 0 Å². The maximum absolute atomic E-state index is 13.0. The summed E-state index contributed by atoms with van der Waals surface area (Å²) in [5, 5.41) is 4.00. The van der Waals surface area contributed by atoms with E-state index in [-0.39, 0.29) is 23.7 Å². The number of piperidine rings is 1. The minimum absolute atomic E-state index is 0.126. The van der Waals surface area contributed by atoms with Crippen LogP contribution in [0.5, 0.6) is 0 Å². The number of likely N-dealkylation sites (tertiary alicyclic amines) is 1. The molecule has 4 rings (SSSR count). The van der Waals surface area contributed by atoms with Crippen molar-refractivity contribution in [2.24, 2.45) is 5.92 Å². The Kier molecular flexibility index (Phi) is 3.59. The van der Waals surface area contributed by atoms with Crippen LogP contribution in [0.1, 0.15) is 44.0 Å². The predicted molar refractivity (Wildman–Crippen MR) is 80.7 cm³/mol. The molecular weight excluding hydrogens is 297 g/mol. The van der Waals surface area contributed by atoms with Gasteiger partial charge in [0.2, 0.25) is 17.6 Å². The lowest BCUT2D eigenvalue weighted by molar-refractivity contribution is -0.137. The number of nitrogens with zero attached hydrogens (tertiary/aromatic N) is 3. The SMILES string of the molecule is O=C(C1CC1)N1CCCCC1c1nc(-c2ccc(F)cc2)no1. The van der Waals surface area contributed by atoms with E-state index >= 15 is 0 Å². The predicted octanol–water partition coefficient (Wildman–Crippen LogP) is 3.34. The van der Waals surface area contributed by atoms with Crippen LogP contribution >= 0.6 is 0 Å². The van der Waals surface area contributed by atoms with Gasteiger partial charge in [-0.15, -0.1) is 0 Å². The van der Waals surface area contributed by atoms with Crippen LogP contribution in [0.3, 0.4) is 0 Å². The first-order valence-corrected chi connectivity index (χ1v) is 8.12. The number of carbonyl (C=O) groups is 1. The highest BCUT2D eigenvalue weighted by molar-refractivity contribution is 5.81. The molecule has 1 aliphatic heterocycles. The van der Waals surface area contributed by atoms with Crippen molar-refractivity contribution in [3.63, 3.8) is 0 Å². The molecule has 1 aromatic carbocycles. The molecule has 1 aliphatic carbocycles. The van der Waals surface area contributed by atoms with E-state index in [0.717, 1.165) is 38.6 Å². The van der Waals surface area contributed by atoms with Crippen LogP contribution in [0.25, 0.3) is 11.4 Å². The van der Waals surface area contributed by atoms with Crippen molar-refractivity contribution < 1.29 is 13.7 Å². The van der Waals surface area contributed by atoms with Gasteiger partial charge in [0, 0.05) is 18.0 Å². The second-order valence-corrected chi connectivity index (χ2v) is 6.28. The van der Waals surface area contributed by atoms with Crippen molar-refractivity contribution in [3.8, 4) is 11.4 Å². The first kappa shape index (κ1) is 14.4. The van der Waals surface area contributed by atoms with Gasteiger partial charge in [-0.25, -0.2) is 4.39 Å². The van der Waals surface area contributed by atoms with Crippen molar-refractivity contribution >= 4 is 5.91 Å². The topological polar surface area (TPSA) is 59.2 Å². The number of benzene rings is 1.